The summed E-state index contributed by atoms with van der Waals surface area (Å²) < 4.78 is 10.00. The second-order valence-electron chi connectivity index (χ2n) is 4.55. The average Bonchev–Trinajstić information content (AvgIpc) is 2.37. The molecule has 0 radical (unpaired) electrons. The van der Waals surface area contributed by atoms with Crippen molar-refractivity contribution in [1.29, 1.82) is 0 Å². The second kappa shape index (κ2) is 6.43. The Morgan fingerprint density at radius 1 is 1.17 bits per heavy atom. The Labute approximate surface area is 109 Å². The van der Waals surface area contributed by atoms with Gasteiger partial charge in [0.1, 0.15) is 5.75 Å². The van der Waals surface area contributed by atoms with Crippen molar-refractivity contribution in [2.24, 2.45) is 0 Å². The molecule has 100 valence electrons. The molecule has 0 saturated heterocycles. The van der Waals surface area contributed by atoms with Crippen molar-refractivity contribution < 1.29 is 14.3 Å². The van der Waals surface area contributed by atoms with E-state index < -0.39 is 0 Å². The monoisotopic (exact) mass is 250 g/mol. The van der Waals surface area contributed by atoms with Gasteiger partial charge in [0.25, 0.3) is 0 Å². The van der Waals surface area contributed by atoms with Gasteiger partial charge in [-0.1, -0.05) is 0 Å². The molecule has 0 amide bonds. The fourth-order valence-electron chi connectivity index (χ4n) is 2.21. The largest absolute Gasteiger partial charge is 0.496 e. The van der Waals surface area contributed by atoms with E-state index in [9.17, 15) is 4.79 Å². The molecule has 0 aliphatic rings. The molecule has 0 unspecified atom stereocenters. The molecule has 0 aliphatic heterocycles. The zero-order chi connectivity index (χ0) is 13.7. The van der Waals surface area contributed by atoms with Gasteiger partial charge in [0.05, 0.1) is 14.2 Å². The van der Waals surface area contributed by atoms with Gasteiger partial charge in [0, 0.05) is 6.42 Å². The van der Waals surface area contributed by atoms with Gasteiger partial charge in [-0.3, -0.25) is 4.79 Å². The Bertz CT molecular complexity index is 436. The summed E-state index contributed by atoms with van der Waals surface area (Å²) in [5.74, 6) is 0.789. The summed E-state index contributed by atoms with van der Waals surface area (Å²) in [5.41, 5.74) is 4.98. The van der Waals surface area contributed by atoms with E-state index in [0.717, 1.165) is 18.6 Å². The fraction of sp³-hybridized carbons (Fsp3) is 0.533. The number of ether oxygens (including phenoxy) is 2. The molecule has 0 aromatic heterocycles. The van der Waals surface area contributed by atoms with Crippen molar-refractivity contribution in [3.05, 3.63) is 28.3 Å². The topological polar surface area (TPSA) is 35.5 Å². The third-order valence-corrected chi connectivity index (χ3v) is 3.46. The molecule has 1 aromatic rings. The molecule has 0 N–H and O–H groups in total. The first-order chi connectivity index (χ1) is 8.51. The van der Waals surface area contributed by atoms with E-state index in [1.165, 1.54) is 29.4 Å². The van der Waals surface area contributed by atoms with Gasteiger partial charge in [0.15, 0.2) is 0 Å². The average molecular weight is 250 g/mol. The summed E-state index contributed by atoms with van der Waals surface area (Å²) in [6.07, 6.45) is 2.19. The van der Waals surface area contributed by atoms with Crippen molar-refractivity contribution in [3.63, 3.8) is 0 Å². The number of carbonyl (C=O) groups is 1. The third kappa shape index (κ3) is 3.25. The van der Waals surface area contributed by atoms with Crippen molar-refractivity contribution in [2.75, 3.05) is 14.2 Å². The van der Waals surface area contributed by atoms with Gasteiger partial charge in [-0.25, -0.2) is 0 Å². The third-order valence-electron chi connectivity index (χ3n) is 3.46. The molecule has 3 nitrogen and oxygen atoms in total. The lowest BCUT2D eigenvalue weighted by Crippen LogP contribution is -2.03. The van der Waals surface area contributed by atoms with E-state index >= 15 is 0 Å². The number of carbonyl (C=O) groups excluding carboxylic acids is 1. The minimum Gasteiger partial charge on any atom is -0.496 e. The van der Waals surface area contributed by atoms with Crippen LogP contribution < -0.4 is 4.74 Å². The van der Waals surface area contributed by atoms with Crippen LogP contribution in [0.1, 0.15) is 35.1 Å². The maximum atomic E-state index is 11.1. The predicted molar refractivity (Wildman–Crippen MR) is 72.2 cm³/mol. The van der Waals surface area contributed by atoms with Crippen LogP contribution in [0.25, 0.3) is 0 Å². The highest BCUT2D eigenvalue weighted by molar-refractivity contribution is 5.69. The summed E-state index contributed by atoms with van der Waals surface area (Å²) in [4.78, 5) is 11.1. The predicted octanol–water partition coefficient (Wildman–Crippen LogP) is 3.12. The van der Waals surface area contributed by atoms with Gasteiger partial charge in [0.2, 0.25) is 0 Å². The van der Waals surface area contributed by atoms with E-state index in [1.807, 2.05) is 0 Å². The Morgan fingerprint density at radius 2 is 1.83 bits per heavy atom. The van der Waals surface area contributed by atoms with E-state index in [0.29, 0.717) is 6.42 Å². The molecule has 18 heavy (non-hydrogen) atoms. The van der Waals surface area contributed by atoms with Gasteiger partial charge in [-0.2, -0.15) is 0 Å². The maximum Gasteiger partial charge on any atom is 0.305 e. The van der Waals surface area contributed by atoms with Crippen molar-refractivity contribution >= 4 is 5.97 Å². The first-order valence-corrected chi connectivity index (χ1v) is 6.21. The minimum absolute atomic E-state index is 0.143. The van der Waals surface area contributed by atoms with Crippen LogP contribution in [0.2, 0.25) is 0 Å². The summed E-state index contributed by atoms with van der Waals surface area (Å²) in [7, 11) is 3.12. The summed E-state index contributed by atoms with van der Waals surface area (Å²) in [6.45, 7) is 6.26. The Kier molecular flexibility index (Phi) is 5.20. The number of aryl methyl sites for hydroxylation is 1. The van der Waals surface area contributed by atoms with Crippen LogP contribution in [-0.4, -0.2) is 20.2 Å². The number of methoxy groups -OCH3 is 2. The SMILES string of the molecule is COC(=O)CCCc1c(C)cc(OC)c(C)c1C. The molecule has 1 rings (SSSR count). The Balaban J connectivity index is 2.83. The lowest BCUT2D eigenvalue weighted by atomic mass is 9.93. The zero-order valence-electron chi connectivity index (χ0n) is 11.9. The van der Waals surface area contributed by atoms with Crippen LogP contribution in [0.15, 0.2) is 6.07 Å². The van der Waals surface area contributed by atoms with Crippen LogP contribution >= 0.6 is 0 Å². The molecular formula is C15H22O3. The van der Waals surface area contributed by atoms with Gasteiger partial charge < -0.3 is 9.47 Å². The normalized spacial score (nSPS) is 10.3. The highest BCUT2D eigenvalue weighted by Gasteiger charge is 2.11. The van der Waals surface area contributed by atoms with Crippen LogP contribution in [-0.2, 0) is 16.0 Å². The number of hydrogen-bond acceptors (Lipinski definition) is 3. The molecule has 0 fully saturated rings. The van der Waals surface area contributed by atoms with Gasteiger partial charge >= 0.3 is 5.97 Å². The van der Waals surface area contributed by atoms with Gasteiger partial charge in [-0.05, 0) is 61.9 Å². The smallest absolute Gasteiger partial charge is 0.305 e. The first-order valence-electron chi connectivity index (χ1n) is 6.21. The van der Waals surface area contributed by atoms with Crippen molar-refractivity contribution in [3.8, 4) is 5.75 Å². The highest BCUT2D eigenvalue weighted by Crippen LogP contribution is 2.28. The molecule has 0 atom stereocenters. The summed E-state index contributed by atoms with van der Waals surface area (Å²) in [6, 6.07) is 2.07. The molecule has 1 aromatic carbocycles. The van der Waals surface area contributed by atoms with Gasteiger partial charge in [-0.15, -0.1) is 0 Å². The minimum atomic E-state index is -0.143. The molecule has 0 bridgehead atoms. The van der Waals surface area contributed by atoms with Crippen LogP contribution in [0.4, 0.5) is 0 Å². The number of rotatable bonds is 5. The fourth-order valence-corrected chi connectivity index (χ4v) is 2.21. The zero-order valence-corrected chi connectivity index (χ0v) is 11.9. The van der Waals surface area contributed by atoms with Crippen molar-refractivity contribution in [1.82, 2.24) is 0 Å². The van der Waals surface area contributed by atoms with Crippen LogP contribution in [0, 0.1) is 20.8 Å². The van der Waals surface area contributed by atoms with E-state index in [4.69, 9.17) is 4.74 Å². The van der Waals surface area contributed by atoms with E-state index in [-0.39, 0.29) is 5.97 Å². The lowest BCUT2D eigenvalue weighted by molar-refractivity contribution is -0.140. The molecule has 3 heteroatoms. The molecule has 0 spiro atoms. The first kappa shape index (κ1) is 14.6. The van der Waals surface area contributed by atoms with E-state index in [2.05, 4.69) is 31.6 Å². The lowest BCUT2D eigenvalue weighted by Gasteiger charge is -2.15. The Hall–Kier alpha value is -1.51. The maximum absolute atomic E-state index is 11.1. The van der Waals surface area contributed by atoms with Crippen LogP contribution in [0.3, 0.4) is 0 Å². The van der Waals surface area contributed by atoms with Crippen molar-refractivity contribution in [2.45, 2.75) is 40.0 Å². The molecule has 0 aliphatic carbocycles. The molecule has 0 heterocycles. The Morgan fingerprint density at radius 3 is 2.39 bits per heavy atom. The standard InChI is InChI=1S/C15H22O3/c1-10-9-14(17-4)12(3)11(2)13(10)7-6-8-15(16)18-5/h9H,6-8H2,1-5H3. The number of esters is 1. The summed E-state index contributed by atoms with van der Waals surface area (Å²) >= 11 is 0. The number of hydrogen-bond donors (Lipinski definition) is 0. The quantitative estimate of drug-likeness (QED) is 0.753. The second-order valence-corrected chi connectivity index (χ2v) is 4.55. The number of benzene rings is 1. The highest BCUT2D eigenvalue weighted by atomic mass is 16.5. The van der Waals surface area contributed by atoms with Crippen LogP contribution in [0.5, 0.6) is 5.75 Å². The summed E-state index contributed by atoms with van der Waals surface area (Å²) in [5, 5.41) is 0. The molecular weight excluding hydrogens is 228 g/mol. The van der Waals surface area contributed by atoms with E-state index in [1.54, 1.807) is 7.11 Å². The molecule has 0 saturated carbocycles.